The second-order valence-electron chi connectivity index (χ2n) is 8.10. The zero-order valence-corrected chi connectivity index (χ0v) is 19.5. The normalized spacial score (nSPS) is 19.3. The molecule has 1 saturated heterocycles. The summed E-state index contributed by atoms with van der Waals surface area (Å²) in [5, 5.41) is 16.4. The van der Waals surface area contributed by atoms with Crippen LogP contribution in [0, 0.1) is 0 Å². The Balaban J connectivity index is 1.42. The topological polar surface area (TPSA) is 107 Å². The van der Waals surface area contributed by atoms with Crippen LogP contribution in [0.5, 0.6) is 0 Å². The third-order valence-electron chi connectivity index (χ3n) is 5.81. The van der Waals surface area contributed by atoms with Crippen LogP contribution in [0.25, 0.3) is 11.1 Å². The first-order valence-corrected chi connectivity index (χ1v) is 12.2. The molecule has 3 aromatic rings. The van der Waals surface area contributed by atoms with Crippen molar-refractivity contribution in [2.75, 3.05) is 30.8 Å². The van der Waals surface area contributed by atoms with Crippen LogP contribution in [-0.4, -0.2) is 60.1 Å². The summed E-state index contributed by atoms with van der Waals surface area (Å²) in [6, 6.07) is 11.7. The summed E-state index contributed by atoms with van der Waals surface area (Å²) in [5.74, 6) is 0.864. The molecule has 0 spiro atoms. The van der Waals surface area contributed by atoms with Gasteiger partial charge in [0, 0.05) is 32.5 Å². The van der Waals surface area contributed by atoms with Crippen molar-refractivity contribution in [3.05, 3.63) is 66.5 Å². The van der Waals surface area contributed by atoms with Crippen molar-refractivity contribution in [1.82, 2.24) is 14.3 Å². The molecule has 186 valence electrons. The molecule has 1 aliphatic heterocycles. The lowest BCUT2D eigenvalue weighted by atomic mass is 10.0. The lowest BCUT2D eigenvalue weighted by Gasteiger charge is -2.35. The number of anilines is 2. The van der Waals surface area contributed by atoms with Crippen LogP contribution in [0.3, 0.4) is 0 Å². The Morgan fingerprint density at radius 2 is 1.77 bits per heavy atom. The number of nitrogens with zero attached hydrogens (tertiary/aromatic N) is 3. The van der Waals surface area contributed by atoms with E-state index in [9.17, 15) is 26.7 Å². The van der Waals surface area contributed by atoms with E-state index in [-0.39, 0.29) is 30.2 Å². The van der Waals surface area contributed by atoms with Gasteiger partial charge >= 0.3 is 6.18 Å². The molecule has 35 heavy (non-hydrogen) atoms. The fourth-order valence-corrected chi connectivity index (χ4v) is 5.31. The van der Waals surface area contributed by atoms with Gasteiger partial charge in [0.25, 0.3) is 0 Å². The average molecular weight is 508 g/mol. The van der Waals surface area contributed by atoms with Crippen molar-refractivity contribution in [3.8, 4) is 11.1 Å². The Kier molecular flexibility index (Phi) is 6.97. The van der Waals surface area contributed by atoms with Gasteiger partial charge in [-0.25, -0.2) is 18.4 Å². The highest BCUT2D eigenvalue weighted by Gasteiger charge is 2.35. The molecule has 0 amide bonds. The molecule has 0 bridgehead atoms. The predicted octanol–water partition coefficient (Wildman–Crippen LogP) is 3.44. The minimum atomic E-state index is -4.49. The molecule has 0 unspecified atom stereocenters. The van der Waals surface area contributed by atoms with Crippen molar-refractivity contribution in [1.29, 1.82) is 0 Å². The summed E-state index contributed by atoms with van der Waals surface area (Å²) in [6.45, 7) is -0.0202. The van der Waals surface area contributed by atoms with Crippen molar-refractivity contribution in [2.45, 2.75) is 29.6 Å². The molecule has 3 heterocycles. The van der Waals surface area contributed by atoms with Crippen LogP contribution in [0.15, 0.2) is 65.8 Å². The van der Waals surface area contributed by atoms with E-state index >= 15 is 0 Å². The number of β-amino-alcohol motifs (C(OH)–C–C–N with tert-alkyl or cyclic N) is 1. The Hall–Kier alpha value is -3.22. The fraction of sp³-hybridized carbons (Fsp3) is 0.304. The maximum absolute atomic E-state index is 13.1. The average Bonchev–Trinajstić information content (AvgIpc) is 2.85. The van der Waals surface area contributed by atoms with E-state index in [2.05, 4.69) is 20.6 Å². The van der Waals surface area contributed by atoms with Gasteiger partial charge in [-0.1, -0.05) is 12.1 Å². The van der Waals surface area contributed by atoms with Gasteiger partial charge in [-0.05, 0) is 53.9 Å². The van der Waals surface area contributed by atoms with Crippen molar-refractivity contribution >= 4 is 21.7 Å². The summed E-state index contributed by atoms with van der Waals surface area (Å²) < 4.78 is 65.6. The zero-order chi connectivity index (χ0) is 25.2. The van der Waals surface area contributed by atoms with E-state index in [1.54, 1.807) is 25.4 Å². The number of aromatic nitrogens is 2. The molecular formula is C23H24F3N5O3S. The molecular weight excluding hydrogens is 483 g/mol. The molecule has 2 aromatic heterocycles. The van der Waals surface area contributed by atoms with Crippen LogP contribution in [-0.2, 0) is 16.2 Å². The number of rotatable bonds is 6. The van der Waals surface area contributed by atoms with Crippen LogP contribution >= 0.6 is 0 Å². The van der Waals surface area contributed by atoms with E-state index in [0.717, 1.165) is 17.2 Å². The lowest BCUT2D eigenvalue weighted by Crippen LogP contribution is -2.51. The monoisotopic (exact) mass is 507 g/mol. The molecule has 0 saturated carbocycles. The number of pyridine rings is 2. The number of halogens is 3. The summed E-state index contributed by atoms with van der Waals surface area (Å²) in [7, 11) is -2.09. The third-order valence-corrected chi connectivity index (χ3v) is 7.69. The van der Waals surface area contributed by atoms with Crippen LogP contribution in [0.1, 0.15) is 12.0 Å². The highest BCUT2D eigenvalue weighted by Crippen LogP contribution is 2.30. The molecule has 2 atom stereocenters. The summed E-state index contributed by atoms with van der Waals surface area (Å²) in [4.78, 5) is 8.02. The van der Waals surface area contributed by atoms with E-state index < -0.39 is 33.9 Å². The minimum absolute atomic E-state index is 0.104. The summed E-state index contributed by atoms with van der Waals surface area (Å²) in [5.41, 5.74) is 0.837. The van der Waals surface area contributed by atoms with Crippen molar-refractivity contribution in [2.24, 2.45) is 0 Å². The second kappa shape index (κ2) is 9.80. The van der Waals surface area contributed by atoms with E-state index in [1.807, 2.05) is 12.1 Å². The fourth-order valence-electron chi connectivity index (χ4n) is 3.84. The summed E-state index contributed by atoms with van der Waals surface area (Å²) >= 11 is 0. The predicted molar refractivity (Wildman–Crippen MR) is 125 cm³/mol. The number of hydrogen-bond donors (Lipinski definition) is 3. The highest BCUT2D eigenvalue weighted by molar-refractivity contribution is 7.89. The largest absolute Gasteiger partial charge is 0.417 e. The van der Waals surface area contributed by atoms with Gasteiger partial charge in [0.1, 0.15) is 11.6 Å². The number of alkyl halides is 3. The summed E-state index contributed by atoms with van der Waals surface area (Å²) in [6.07, 6.45) is -2.93. The number of piperidine rings is 1. The molecule has 0 radical (unpaired) electrons. The first-order valence-electron chi connectivity index (χ1n) is 10.8. The van der Waals surface area contributed by atoms with E-state index in [1.165, 1.54) is 22.5 Å². The number of aliphatic hydroxyl groups is 1. The highest BCUT2D eigenvalue weighted by atomic mass is 32.2. The zero-order valence-electron chi connectivity index (χ0n) is 18.7. The SMILES string of the molecule is CNc1cc(-c2ccc(S(=O)(=O)N3CC[C@@H](Nc4ccc(C(F)(F)F)cn4)[C@@H](O)C3)cc2)ccn1. The van der Waals surface area contributed by atoms with Gasteiger partial charge in [-0.3, -0.25) is 0 Å². The molecule has 1 fully saturated rings. The quantitative estimate of drug-likeness (QED) is 0.469. The number of benzene rings is 1. The Labute approximate surface area is 200 Å². The van der Waals surface area contributed by atoms with Crippen LogP contribution in [0.2, 0.25) is 0 Å². The van der Waals surface area contributed by atoms with Gasteiger partial charge in [0.15, 0.2) is 0 Å². The molecule has 4 rings (SSSR count). The molecule has 1 aliphatic rings. The smallest absolute Gasteiger partial charge is 0.390 e. The molecule has 8 nitrogen and oxygen atoms in total. The Morgan fingerprint density at radius 1 is 1.03 bits per heavy atom. The molecule has 0 aliphatic carbocycles. The van der Waals surface area contributed by atoms with E-state index in [0.29, 0.717) is 12.0 Å². The molecule has 3 N–H and O–H groups in total. The molecule has 1 aromatic carbocycles. The number of aliphatic hydroxyl groups excluding tert-OH is 1. The first-order chi connectivity index (χ1) is 16.6. The van der Waals surface area contributed by atoms with Crippen LogP contribution < -0.4 is 10.6 Å². The Morgan fingerprint density at radius 3 is 2.37 bits per heavy atom. The van der Waals surface area contributed by atoms with Gasteiger partial charge in [-0.2, -0.15) is 17.5 Å². The Bertz CT molecular complexity index is 1270. The lowest BCUT2D eigenvalue weighted by molar-refractivity contribution is -0.137. The van der Waals surface area contributed by atoms with Gasteiger partial charge in [-0.15, -0.1) is 0 Å². The van der Waals surface area contributed by atoms with Gasteiger partial charge < -0.3 is 15.7 Å². The third kappa shape index (κ3) is 5.55. The first kappa shape index (κ1) is 24.9. The minimum Gasteiger partial charge on any atom is -0.390 e. The molecule has 12 heteroatoms. The number of sulfonamides is 1. The van der Waals surface area contributed by atoms with E-state index in [4.69, 9.17) is 0 Å². The van der Waals surface area contributed by atoms with Crippen molar-refractivity contribution < 1.29 is 26.7 Å². The van der Waals surface area contributed by atoms with Gasteiger partial charge in [0.2, 0.25) is 10.0 Å². The van der Waals surface area contributed by atoms with Crippen LogP contribution in [0.4, 0.5) is 24.8 Å². The maximum atomic E-state index is 13.1. The van der Waals surface area contributed by atoms with Gasteiger partial charge in [0.05, 0.1) is 22.6 Å². The standard InChI is InChI=1S/C23H24F3N5O3S/c1-27-22-12-16(8-10-28-22)15-2-5-18(6-3-15)35(33,34)31-11-9-19(20(32)14-31)30-21-7-4-17(13-29-21)23(24,25)26/h2-8,10,12-13,19-20,32H,9,11,14H2,1H3,(H,27,28)(H,29,30)/t19-,20+/m1/s1. The van der Waals surface area contributed by atoms with Crippen molar-refractivity contribution in [3.63, 3.8) is 0 Å². The maximum Gasteiger partial charge on any atom is 0.417 e. The number of nitrogens with one attached hydrogen (secondary N) is 2. The second-order valence-corrected chi connectivity index (χ2v) is 10.0. The number of hydrogen-bond acceptors (Lipinski definition) is 7.